The molecule has 3 rings (SSSR count). The lowest BCUT2D eigenvalue weighted by atomic mass is 10.2. The molecule has 0 radical (unpaired) electrons. The highest BCUT2D eigenvalue weighted by Gasteiger charge is 2.27. The molecule has 2 aromatic rings. The first-order chi connectivity index (χ1) is 12.9. The van der Waals surface area contributed by atoms with Crippen LogP contribution >= 0.6 is 23.2 Å². The van der Waals surface area contributed by atoms with Crippen molar-refractivity contribution in [3.63, 3.8) is 0 Å². The van der Waals surface area contributed by atoms with E-state index >= 15 is 0 Å². The van der Waals surface area contributed by atoms with E-state index in [4.69, 9.17) is 28.3 Å². The molecule has 9 heteroatoms. The Bertz CT molecular complexity index is 827. The lowest BCUT2D eigenvalue weighted by molar-refractivity contribution is -0.136. The van der Waals surface area contributed by atoms with Crippen molar-refractivity contribution in [2.45, 2.75) is 19.5 Å². The molecule has 1 saturated heterocycles. The van der Waals surface area contributed by atoms with Gasteiger partial charge < -0.3 is 10.0 Å². The summed E-state index contributed by atoms with van der Waals surface area (Å²) in [6.45, 7) is 4.93. The minimum atomic E-state index is -1.11. The summed E-state index contributed by atoms with van der Waals surface area (Å²) in [5, 5.41) is 14.2. The first kappa shape index (κ1) is 19.7. The van der Waals surface area contributed by atoms with E-state index in [9.17, 15) is 9.59 Å². The fourth-order valence-electron chi connectivity index (χ4n) is 3.08. The van der Waals surface area contributed by atoms with Gasteiger partial charge in [0.25, 0.3) is 0 Å². The Morgan fingerprint density at radius 1 is 1.15 bits per heavy atom. The maximum absolute atomic E-state index is 12.7. The number of aromatic carboxylic acids is 1. The Labute approximate surface area is 167 Å². The molecule has 1 aliphatic rings. The average molecular weight is 411 g/mol. The number of carboxylic acid groups (broad SMARTS) is 1. The Morgan fingerprint density at radius 2 is 1.78 bits per heavy atom. The van der Waals surface area contributed by atoms with Gasteiger partial charge in [0.2, 0.25) is 5.91 Å². The maximum Gasteiger partial charge on any atom is 0.356 e. The van der Waals surface area contributed by atoms with Crippen molar-refractivity contribution in [3.8, 4) is 0 Å². The normalized spacial score (nSPS) is 16.3. The summed E-state index contributed by atoms with van der Waals surface area (Å²) in [5.74, 6) is -1.19. The van der Waals surface area contributed by atoms with Crippen molar-refractivity contribution in [1.29, 1.82) is 0 Å². The fourth-order valence-corrected chi connectivity index (χ4v) is 3.60. The van der Waals surface area contributed by atoms with Crippen LogP contribution in [0.15, 0.2) is 30.5 Å². The van der Waals surface area contributed by atoms with Crippen LogP contribution in [-0.2, 0) is 11.3 Å². The van der Waals surface area contributed by atoms with Crippen molar-refractivity contribution in [3.05, 3.63) is 51.8 Å². The number of hydrogen-bond acceptors (Lipinski definition) is 4. The van der Waals surface area contributed by atoms with Crippen LogP contribution in [0, 0.1) is 0 Å². The third-order valence-electron chi connectivity index (χ3n) is 4.71. The summed E-state index contributed by atoms with van der Waals surface area (Å²) >= 11 is 12.5. The molecular formula is C18H20Cl2N4O3. The lowest BCUT2D eigenvalue weighted by Gasteiger charge is -2.36. The highest BCUT2D eigenvalue weighted by atomic mass is 35.5. The molecule has 1 aromatic heterocycles. The van der Waals surface area contributed by atoms with E-state index in [2.05, 4.69) is 10.00 Å². The number of rotatable bonds is 5. The van der Waals surface area contributed by atoms with Gasteiger partial charge in [0, 0.05) is 54.5 Å². The number of carbonyl (C=O) groups excluding carboxylic acids is 1. The molecule has 27 heavy (non-hydrogen) atoms. The van der Waals surface area contributed by atoms with Gasteiger partial charge in [-0.2, -0.15) is 5.10 Å². The van der Waals surface area contributed by atoms with Gasteiger partial charge in [0.15, 0.2) is 5.69 Å². The van der Waals surface area contributed by atoms with Crippen LogP contribution in [0.4, 0.5) is 0 Å². The fraction of sp³-hybridized carbons (Fsp3) is 0.389. The number of carboxylic acids is 1. The number of piperazine rings is 1. The van der Waals surface area contributed by atoms with Crippen LogP contribution in [0.5, 0.6) is 0 Å². The highest BCUT2D eigenvalue weighted by Crippen LogP contribution is 2.26. The number of carbonyl (C=O) groups is 2. The Hall–Kier alpha value is -2.09. The van der Waals surface area contributed by atoms with E-state index in [1.807, 2.05) is 18.2 Å². The standard InChI is InChI=1S/C18H20Cl2N4O3/c1-12(24-6-5-16(21-24)18(26)27)17(25)23-9-7-22(8-10-23)11-13-14(19)3-2-4-15(13)20/h2-6,12H,7-11H2,1H3,(H,26,27). The van der Waals surface area contributed by atoms with E-state index in [0.29, 0.717) is 42.8 Å². The maximum atomic E-state index is 12.7. The third-order valence-corrected chi connectivity index (χ3v) is 5.42. The molecular weight excluding hydrogens is 391 g/mol. The zero-order valence-corrected chi connectivity index (χ0v) is 16.3. The predicted octanol–water partition coefficient (Wildman–Crippen LogP) is 2.79. The highest BCUT2D eigenvalue weighted by molar-refractivity contribution is 6.35. The molecule has 1 fully saturated rings. The smallest absolute Gasteiger partial charge is 0.356 e. The molecule has 0 bridgehead atoms. The molecule has 1 aromatic carbocycles. The molecule has 7 nitrogen and oxygen atoms in total. The minimum absolute atomic E-state index is 0.0731. The van der Waals surface area contributed by atoms with E-state index in [0.717, 1.165) is 5.56 Å². The quantitative estimate of drug-likeness (QED) is 0.819. The van der Waals surface area contributed by atoms with Crippen molar-refractivity contribution in [1.82, 2.24) is 19.6 Å². The number of hydrogen-bond donors (Lipinski definition) is 1. The van der Waals surface area contributed by atoms with Gasteiger partial charge in [-0.3, -0.25) is 14.4 Å². The Kier molecular flexibility index (Phi) is 6.04. The van der Waals surface area contributed by atoms with Gasteiger partial charge in [0.1, 0.15) is 6.04 Å². The van der Waals surface area contributed by atoms with E-state index in [1.165, 1.54) is 16.9 Å². The number of halogens is 2. The Balaban J connectivity index is 1.58. The molecule has 1 atom stereocenters. The van der Waals surface area contributed by atoms with Crippen LogP contribution in [0.3, 0.4) is 0 Å². The number of amides is 1. The zero-order chi connectivity index (χ0) is 19.6. The molecule has 0 aliphatic carbocycles. The largest absolute Gasteiger partial charge is 0.476 e. The summed E-state index contributed by atoms with van der Waals surface area (Å²) in [6, 6.07) is 6.29. The molecule has 0 saturated carbocycles. The molecule has 144 valence electrons. The lowest BCUT2D eigenvalue weighted by Crippen LogP contribution is -2.50. The number of nitrogens with zero attached hydrogens (tertiary/aromatic N) is 4. The monoisotopic (exact) mass is 410 g/mol. The second kappa shape index (κ2) is 8.29. The summed E-state index contributed by atoms with van der Waals surface area (Å²) in [6.07, 6.45) is 1.52. The van der Waals surface area contributed by atoms with Crippen LogP contribution < -0.4 is 0 Å². The van der Waals surface area contributed by atoms with Gasteiger partial charge in [-0.1, -0.05) is 29.3 Å². The number of aromatic nitrogens is 2. The Morgan fingerprint density at radius 3 is 2.33 bits per heavy atom. The summed E-state index contributed by atoms with van der Waals surface area (Å²) in [7, 11) is 0. The van der Waals surface area contributed by atoms with Crippen molar-refractivity contribution in [2.24, 2.45) is 0 Å². The molecule has 0 spiro atoms. The van der Waals surface area contributed by atoms with Crippen LogP contribution in [0.2, 0.25) is 10.0 Å². The van der Waals surface area contributed by atoms with Crippen molar-refractivity contribution >= 4 is 35.1 Å². The summed E-state index contributed by atoms with van der Waals surface area (Å²) in [4.78, 5) is 27.6. The first-order valence-electron chi connectivity index (χ1n) is 8.59. The first-order valence-corrected chi connectivity index (χ1v) is 9.35. The summed E-state index contributed by atoms with van der Waals surface area (Å²) < 4.78 is 1.39. The van der Waals surface area contributed by atoms with Crippen molar-refractivity contribution < 1.29 is 14.7 Å². The number of benzene rings is 1. The summed E-state index contributed by atoms with van der Waals surface area (Å²) in [5.41, 5.74) is 0.822. The van der Waals surface area contributed by atoms with E-state index < -0.39 is 12.0 Å². The van der Waals surface area contributed by atoms with Crippen LogP contribution in [0.25, 0.3) is 0 Å². The topological polar surface area (TPSA) is 78.7 Å². The SMILES string of the molecule is CC(C(=O)N1CCN(Cc2c(Cl)cccc2Cl)CC1)n1ccc(C(=O)O)n1. The molecule has 1 amide bonds. The molecule has 1 N–H and O–H groups in total. The third kappa shape index (κ3) is 4.43. The average Bonchev–Trinajstić information content (AvgIpc) is 3.15. The molecule has 1 aliphatic heterocycles. The van der Waals surface area contributed by atoms with Crippen molar-refractivity contribution in [2.75, 3.05) is 26.2 Å². The van der Waals surface area contributed by atoms with Crippen LogP contribution in [0.1, 0.15) is 29.0 Å². The van der Waals surface area contributed by atoms with Gasteiger partial charge in [-0.05, 0) is 25.1 Å². The van der Waals surface area contributed by atoms with Crippen LogP contribution in [-0.4, -0.2) is 62.7 Å². The predicted molar refractivity (Wildman–Crippen MR) is 102 cm³/mol. The minimum Gasteiger partial charge on any atom is -0.476 e. The molecule has 2 heterocycles. The van der Waals surface area contributed by atoms with Gasteiger partial charge in [0.05, 0.1) is 0 Å². The van der Waals surface area contributed by atoms with E-state index in [1.54, 1.807) is 11.8 Å². The second-order valence-corrected chi connectivity index (χ2v) is 7.28. The van der Waals surface area contributed by atoms with E-state index in [-0.39, 0.29) is 11.6 Å². The zero-order valence-electron chi connectivity index (χ0n) is 14.8. The van der Waals surface area contributed by atoms with Gasteiger partial charge >= 0.3 is 5.97 Å². The van der Waals surface area contributed by atoms with Gasteiger partial charge in [-0.25, -0.2) is 4.79 Å². The molecule has 1 unspecified atom stereocenters. The van der Waals surface area contributed by atoms with Gasteiger partial charge in [-0.15, -0.1) is 0 Å². The second-order valence-electron chi connectivity index (χ2n) is 6.46.